The number of carbonyl (C=O) groups excluding carboxylic acids is 2. The lowest BCUT2D eigenvalue weighted by Crippen LogP contribution is -2.24. The molecule has 1 amide bonds. The first-order chi connectivity index (χ1) is 10.4. The van der Waals surface area contributed by atoms with Crippen LogP contribution in [0.15, 0.2) is 54.6 Å². The highest BCUT2D eigenvalue weighted by Crippen LogP contribution is 2.17. The van der Waals surface area contributed by atoms with E-state index >= 15 is 0 Å². The first-order valence-electron chi connectivity index (χ1n) is 6.34. The zero-order valence-corrected chi connectivity index (χ0v) is 12.6. The van der Waals surface area contributed by atoms with E-state index in [1.54, 1.807) is 42.5 Å². The third-order valence-corrected chi connectivity index (χ3v) is 3.30. The van der Waals surface area contributed by atoms with Gasteiger partial charge in [-0.25, -0.2) is 8.42 Å². The van der Waals surface area contributed by atoms with Gasteiger partial charge in [0.1, 0.15) is 0 Å². The van der Waals surface area contributed by atoms with Gasteiger partial charge in [0.2, 0.25) is 10.0 Å². The van der Waals surface area contributed by atoms with Crippen molar-refractivity contribution in [1.82, 2.24) is 0 Å². The third-order valence-electron chi connectivity index (χ3n) is 2.70. The molecule has 2 rings (SSSR count). The number of Topliss-reactive ketones (excluding diaryl/α,β-unsaturated/α-hetero) is 1. The lowest BCUT2D eigenvalue weighted by atomic mass is 10.1. The van der Waals surface area contributed by atoms with Crippen LogP contribution >= 0.6 is 0 Å². The second kappa shape index (κ2) is 6.40. The number of nitrogens with one attached hydrogen (secondary N) is 2. The van der Waals surface area contributed by atoms with Gasteiger partial charge in [-0.3, -0.25) is 14.3 Å². The molecule has 114 valence electrons. The van der Waals surface area contributed by atoms with E-state index in [1.165, 1.54) is 12.1 Å². The summed E-state index contributed by atoms with van der Waals surface area (Å²) in [5.41, 5.74) is 0.536. The Labute approximate surface area is 128 Å². The van der Waals surface area contributed by atoms with E-state index in [2.05, 4.69) is 10.0 Å². The monoisotopic (exact) mass is 318 g/mol. The minimum Gasteiger partial charge on any atom is -0.319 e. The first-order valence-corrected chi connectivity index (χ1v) is 8.23. The van der Waals surface area contributed by atoms with Crippen molar-refractivity contribution >= 4 is 33.1 Å². The van der Waals surface area contributed by atoms with Crippen molar-refractivity contribution in [2.75, 3.05) is 16.3 Å². The number of benzene rings is 2. The van der Waals surface area contributed by atoms with Gasteiger partial charge in [0.05, 0.1) is 17.5 Å². The number of anilines is 2. The van der Waals surface area contributed by atoms with Crippen LogP contribution in [0.3, 0.4) is 0 Å². The molecule has 0 aliphatic carbocycles. The van der Waals surface area contributed by atoms with Crippen molar-refractivity contribution in [2.24, 2.45) is 0 Å². The van der Waals surface area contributed by atoms with Gasteiger partial charge in [-0.2, -0.15) is 0 Å². The van der Waals surface area contributed by atoms with Gasteiger partial charge >= 0.3 is 0 Å². The maximum absolute atomic E-state index is 12.2. The van der Waals surface area contributed by atoms with Crippen LogP contribution in [-0.4, -0.2) is 26.4 Å². The Morgan fingerprint density at radius 3 is 2.14 bits per heavy atom. The second-order valence-electron chi connectivity index (χ2n) is 4.57. The molecule has 0 aliphatic heterocycles. The van der Waals surface area contributed by atoms with Crippen LogP contribution in [0.1, 0.15) is 10.4 Å². The summed E-state index contributed by atoms with van der Waals surface area (Å²) in [7, 11) is -3.55. The largest absolute Gasteiger partial charge is 0.319 e. The molecule has 2 aromatic carbocycles. The van der Waals surface area contributed by atoms with Gasteiger partial charge < -0.3 is 5.32 Å². The minimum atomic E-state index is -3.55. The molecular formula is C15H14N2O4S. The van der Waals surface area contributed by atoms with E-state index in [4.69, 9.17) is 0 Å². The molecule has 0 saturated carbocycles. The highest BCUT2D eigenvalue weighted by molar-refractivity contribution is 7.92. The Morgan fingerprint density at radius 1 is 0.909 bits per heavy atom. The predicted octanol–water partition coefficient (Wildman–Crippen LogP) is 1.88. The van der Waals surface area contributed by atoms with E-state index in [0.717, 1.165) is 6.26 Å². The fourth-order valence-corrected chi connectivity index (χ4v) is 2.38. The van der Waals surface area contributed by atoms with Crippen LogP contribution < -0.4 is 10.0 Å². The molecule has 0 unspecified atom stereocenters. The summed E-state index contributed by atoms with van der Waals surface area (Å²) in [6, 6.07) is 14.4. The van der Waals surface area contributed by atoms with Gasteiger partial charge in [-0.15, -0.1) is 0 Å². The summed E-state index contributed by atoms with van der Waals surface area (Å²) in [5, 5.41) is 2.46. The fraction of sp³-hybridized carbons (Fsp3) is 0.0667. The van der Waals surface area contributed by atoms with Gasteiger partial charge in [0.25, 0.3) is 11.7 Å². The van der Waals surface area contributed by atoms with E-state index in [0.29, 0.717) is 5.69 Å². The number of amides is 1. The molecule has 22 heavy (non-hydrogen) atoms. The molecule has 0 heterocycles. The van der Waals surface area contributed by atoms with Crippen LogP contribution in [0.5, 0.6) is 0 Å². The fourth-order valence-electron chi connectivity index (χ4n) is 1.80. The maximum Gasteiger partial charge on any atom is 0.296 e. The number of hydrogen-bond acceptors (Lipinski definition) is 4. The molecular weight excluding hydrogens is 304 g/mol. The van der Waals surface area contributed by atoms with Crippen molar-refractivity contribution < 1.29 is 18.0 Å². The Hall–Kier alpha value is -2.67. The Morgan fingerprint density at radius 2 is 1.50 bits per heavy atom. The van der Waals surface area contributed by atoms with Crippen LogP contribution in [-0.2, 0) is 14.8 Å². The Bertz CT molecular complexity index is 801. The van der Waals surface area contributed by atoms with E-state index < -0.39 is 21.7 Å². The van der Waals surface area contributed by atoms with Crippen LogP contribution in [0, 0.1) is 0 Å². The Kier molecular flexibility index (Phi) is 4.57. The first kappa shape index (κ1) is 15.7. The number of ketones is 1. The highest BCUT2D eigenvalue weighted by atomic mass is 32.2. The van der Waals surface area contributed by atoms with Gasteiger partial charge in [0, 0.05) is 5.69 Å². The van der Waals surface area contributed by atoms with Crippen molar-refractivity contribution in [3.63, 3.8) is 0 Å². The lowest BCUT2D eigenvalue weighted by molar-refractivity contribution is -0.112. The summed E-state index contributed by atoms with van der Waals surface area (Å²) in [4.78, 5) is 24.2. The van der Waals surface area contributed by atoms with Crippen molar-refractivity contribution in [3.05, 3.63) is 60.2 Å². The lowest BCUT2D eigenvalue weighted by Gasteiger charge is -2.10. The van der Waals surface area contributed by atoms with Crippen LogP contribution in [0.4, 0.5) is 11.4 Å². The molecule has 0 aromatic heterocycles. The molecule has 0 aliphatic rings. The molecule has 6 nitrogen and oxygen atoms in total. The number of para-hydroxylation sites is 2. The van der Waals surface area contributed by atoms with Gasteiger partial charge in [-0.05, 0) is 24.3 Å². The zero-order valence-electron chi connectivity index (χ0n) is 11.7. The summed E-state index contributed by atoms with van der Waals surface area (Å²) in [6.45, 7) is 0. The summed E-state index contributed by atoms with van der Waals surface area (Å²) in [5.74, 6) is -1.66. The third kappa shape index (κ3) is 4.16. The molecule has 0 atom stereocenters. The molecule has 0 saturated heterocycles. The standard InChI is InChI=1S/C15H14N2O4S/c1-22(20,21)17-13-10-6-5-9-12(13)14(18)15(19)16-11-7-3-2-4-8-11/h2-10,17H,1H3,(H,16,19). The van der Waals surface area contributed by atoms with Gasteiger partial charge in [-0.1, -0.05) is 30.3 Å². The predicted molar refractivity (Wildman–Crippen MR) is 84.3 cm³/mol. The normalized spacial score (nSPS) is 10.8. The molecule has 7 heteroatoms. The van der Waals surface area contributed by atoms with Crippen LogP contribution in [0.2, 0.25) is 0 Å². The number of carbonyl (C=O) groups is 2. The molecule has 2 aromatic rings. The van der Waals surface area contributed by atoms with E-state index in [-0.39, 0.29) is 11.3 Å². The van der Waals surface area contributed by atoms with Crippen molar-refractivity contribution in [3.8, 4) is 0 Å². The quantitative estimate of drug-likeness (QED) is 0.650. The number of sulfonamides is 1. The van der Waals surface area contributed by atoms with E-state index in [1.807, 2.05) is 0 Å². The van der Waals surface area contributed by atoms with Crippen molar-refractivity contribution in [2.45, 2.75) is 0 Å². The molecule has 0 bridgehead atoms. The summed E-state index contributed by atoms with van der Waals surface area (Å²) < 4.78 is 24.8. The summed E-state index contributed by atoms with van der Waals surface area (Å²) >= 11 is 0. The molecule has 2 N–H and O–H groups in total. The SMILES string of the molecule is CS(=O)(=O)Nc1ccccc1C(=O)C(=O)Nc1ccccc1. The van der Waals surface area contributed by atoms with Crippen molar-refractivity contribution in [1.29, 1.82) is 0 Å². The zero-order chi connectivity index (χ0) is 16.2. The highest BCUT2D eigenvalue weighted by Gasteiger charge is 2.20. The van der Waals surface area contributed by atoms with E-state index in [9.17, 15) is 18.0 Å². The number of rotatable bonds is 5. The topological polar surface area (TPSA) is 92.3 Å². The smallest absolute Gasteiger partial charge is 0.296 e. The molecule has 0 fully saturated rings. The number of hydrogen-bond donors (Lipinski definition) is 2. The van der Waals surface area contributed by atoms with Gasteiger partial charge in [0.15, 0.2) is 0 Å². The average Bonchev–Trinajstić information content (AvgIpc) is 2.46. The molecule has 0 radical (unpaired) electrons. The molecule has 0 spiro atoms. The summed E-state index contributed by atoms with van der Waals surface area (Å²) in [6.07, 6.45) is 0.971. The minimum absolute atomic E-state index is 0.0126. The second-order valence-corrected chi connectivity index (χ2v) is 6.32. The van der Waals surface area contributed by atoms with Crippen LogP contribution in [0.25, 0.3) is 0 Å². The maximum atomic E-state index is 12.2. The average molecular weight is 318 g/mol. The Balaban J connectivity index is 2.24.